The lowest BCUT2D eigenvalue weighted by Crippen LogP contribution is -2.27. The van der Waals surface area contributed by atoms with Gasteiger partial charge in [0.15, 0.2) is 0 Å². The van der Waals surface area contributed by atoms with Crippen molar-refractivity contribution in [2.75, 3.05) is 7.11 Å². The van der Waals surface area contributed by atoms with Crippen LogP contribution < -0.4 is 10.1 Å². The Morgan fingerprint density at radius 3 is 2.67 bits per heavy atom. The van der Waals surface area contributed by atoms with Crippen molar-refractivity contribution in [1.82, 2.24) is 5.32 Å². The first kappa shape index (κ1) is 15.6. The molecule has 0 bridgehead atoms. The standard InChI is InChI=1S/C17H18BrNO2/c1-11-8-9-15(18)14(10-11)17(20)19-12(2)13-6-4-5-7-16(13)21-3/h4-10,12H,1-3H3,(H,19,20). The third-order valence-corrected chi connectivity index (χ3v) is 4.01. The zero-order valence-electron chi connectivity index (χ0n) is 12.3. The molecule has 1 amide bonds. The molecule has 1 N–H and O–H groups in total. The molecule has 0 radical (unpaired) electrons. The molecule has 0 aromatic heterocycles. The van der Waals surface area contributed by atoms with Gasteiger partial charge in [0, 0.05) is 10.0 Å². The maximum Gasteiger partial charge on any atom is 0.252 e. The maximum absolute atomic E-state index is 12.4. The smallest absolute Gasteiger partial charge is 0.252 e. The van der Waals surface area contributed by atoms with E-state index in [0.29, 0.717) is 5.56 Å². The zero-order valence-corrected chi connectivity index (χ0v) is 13.9. The molecule has 2 aromatic carbocycles. The Balaban J connectivity index is 2.21. The van der Waals surface area contributed by atoms with Crippen LogP contribution in [0.2, 0.25) is 0 Å². The molecule has 21 heavy (non-hydrogen) atoms. The average Bonchev–Trinajstić information content (AvgIpc) is 2.49. The molecule has 0 heterocycles. The van der Waals surface area contributed by atoms with Gasteiger partial charge in [-0.05, 0) is 48.0 Å². The highest BCUT2D eigenvalue weighted by molar-refractivity contribution is 9.10. The summed E-state index contributed by atoms with van der Waals surface area (Å²) in [5.74, 6) is 0.664. The van der Waals surface area contributed by atoms with E-state index in [1.165, 1.54) is 0 Å². The minimum Gasteiger partial charge on any atom is -0.496 e. The summed E-state index contributed by atoms with van der Waals surface area (Å²) < 4.78 is 6.13. The van der Waals surface area contributed by atoms with Crippen LogP contribution in [0.15, 0.2) is 46.9 Å². The Morgan fingerprint density at radius 1 is 1.24 bits per heavy atom. The van der Waals surface area contributed by atoms with E-state index >= 15 is 0 Å². The Morgan fingerprint density at radius 2 is 1.95 bits per heavy atom. The number of para-hydroxylation sites is 1. The third-order valence-electron chi connectivity index (χ3n) is 3.32. The van der Waals surface area contributed by atoms with Crippen molar-refractivity contribution in [1.29, 1.82) is 0 Å². The van der Waals surface area contributed by atoms with Gasteiger partial charge in [-0.25, -0.2) is 0 Å². The second kappa shape index (κ2) is 6.76. The first-order chi connectivity index (χ1) is 10.0. The van der Waals surface area contributed by atoms with Crippen molar-refractivity contribution in [2.24, 2.45) is 0 Å². The predicted octanol–water partition coefficient (Wildman–Crippen LogP) is 4.26. The maximum atomic E-state index is 12.4. The van der Waals surface area contributed by atoms with Crippen molar-refractivity contribution in [3.05, 3.63) is 63.6 Å². The van der Waals surface area contributed by atoms with Crippen LogP contribution in [0.25, 0.3) is 0 Å². The molecular weight excluding hydrogens is 330 g/mol. The largest absolute Gasteiger partial charge is 0.496 e. The van der Waals surface area contributed by atoms with Crippen LogP contribution in [-0.2, 0) is 0 Å². The van der Waals surface area contributed by atoms with E-state index in [1.807, 2.05) is 56.3 Å². The highest BCUT2D eigenvalue weighted by atomic mass is 79.9. The van der Waals surface area contributed by atoms with Gasteiger partial charge in [-0.3, -0.25) is 4.79 Å². The van der Waals surface area contributed by atoms with E-state index in [-0.39, 0.29) is 11.9 Å². The van der Waals surface area contributed by atoms with Gasteiger partial charge in [0.05, 0.1) is 18.7 Å². The van der Waals surface area contributed by atoms with E-state index < -0.39 is 0 Å². The number of halogens is 1. The van der Waals surface area contributed by atoms with E-state index in [0.717, 1.165) is 21.3 Å². The Bertz CT molecular complexity index is 655. The fourth-order valence-electron chi connectivity index (χ4n) is 2.19. The number of amides is 1. The molecule has 0 spiro atoms. The first-order valence-electron chi connectivity index (χ1n) is 6.73. The summed E-state index contributed by atoms with van der Waals surface area (Å²) in [6.45, 7) is 3.91. The highest BCUT2D eigenvalue weighted by Crippen LogP contribution is 2.25. The summed E-state index contributed by atoms with van der Waals surface area (Å²) in [4.78, 5) is 12.4. The normalized spacial score (nSPS) is 11.8. The number of benzene rings is 2. The molecule has 0 saturated heterocycles. The molecule has 4 heteroatoms. The molecule has 1 unspecified atom stereocenters. The van der Waals surface area contributed by atoms with Gasteiger partial charge in [-0.2, -0.15) is 0 Å². The zero-order chi connectivity index (χ0) is 15.4. The predicted molar refractivity (Wildman–Crippen MR) is 87.8 cm³/mol. The third kappa shape index (κ3) is 3.64. The Hall–Kier alpha value is -1.81. The summed E-state index contributed by atoms with van der Waals surface area (Å²) in [7, 11) is 1.63. The number of ether oxygens (including phenoxy) is 1. The Labute approximate surface area is 133 Å². The lowest BCUT2D eigenvalue weighted by atomic mass is 10.1. The quantitative estimate of drug-likeness (QED) is 0.897. The van der Waals surface area contributed by atoms with Gasteiger partial charge in [0.1, 0.15) is 5.75 Å². The van der Waals surface area contributed by atoms with Crippen molar-refractivity contribution < 1.29 is 9.53 Å². The number of carbonyl (C=O) groups is 1. The second-order valence-corrected chi connectivity index (χ2v) is 5.77. The molecule has 2 rings (SSSR count). The molecule has 0 fully saturated rings. The van der Waals surface area contributed by atoms with Gasteiger partial charge >= 0.3 is 0 Å². The van der Waals surface area contributed by atoms with E-state index in [4.69, 9.17) is 4.74 Å². The summed E-state index contributed by atoms with van der Waals surface area (Å²) in [6, 6.07) is 13.3. The van der Waals surface area contributed by atoms with Crippen LogP contribution in [-0.4, -0.2) is 13.0 Å². The van der Waals surface area contributed by atoms with Crippen LogP contribution in [0.3, 0.4) is 0 Å². The number of aryl methyl sites for hydroxylation is 1. The van der Waals surface area contributed by atoms with Crippen LogP contribution >= 0.6 is 15.9 Å². The molecule has 110 valence electrons. The van der Waals surface area contributed by atoms with E-state index in [9.17, 15) is 4.79 Å². The van der Waals surface area contributed by atoms with Crippen LogP contribution in [0.4, 0.5) is 0 Å². The van der Waals surface area contributed by atoms with Crippen molar-refractivity contribution in [3.8, 4) is 5.75 Å². The highest BCUT2D eigenvalue weighted by Gasteiger charge is 2.16. The topological polar surface area (TPSA) is 38.3 Å². The van der Waals surface area contributed by atoms with Crippen LogP contribution in [0.5, 0.6) is 5.75 Å². The minimum absolute atomic E-state index is 0.107. The fraction of sp³-hybridized carbons (Fsp3) is 0.235. The lowest BCUT2D eigenvalue weighted by molar-refractivity contribution is 0.0938. The van der Waals surface area contributed by atoms with Crippen LogP contribution in [0, 0.1) is 6.92 Å². The number of methoxy groups -OCH3 is 1. The average molecular weight is 348 g/mol. The number of rotatable bonds is 4. The van der Waals surface area contributed by atoms with E-state index in [2.05, 4.69) is 21.2 Å². The molecule has 3 nitrogen and oxygen atoms in total. The van der Waals surface area contributed by atoms with E-state index in [1.54, 1.807) is 7.11 Å². The summed E-state index contributed by atoms with van der Waals surface area (Å²) in [6.07, 6.45) is 0. The van der Waals surface area contributed by atoms with Gasteiger partial charge < -0.3 is 10.1 Å². The number of hydrogen-bond donors (Lipinski definition) is 1. The molecule has 1 atom stereocenters. The number of nitrogens with one attached hydrogen (secondary N) is 1. The summed E-state index contributed by atoms with van der Waals surface area (Å²) >= 11 is 3.42. The molecule has 0 saturated carbocycles. The summed E-state index contributed by atoms with van der Waals surface area (Å²) in [5.41, 5.74) is 2.64. The molecule has 0 aliphatic heterocycles. The molecular formula is C17H18BrNO2. The van der Waals surface area contributed by atoms with Gasteiger partial charge in [-0.15, -0.1) is 0 Å². The lowest BCUT2D eigenvalue weighted by Gasteiger charge is -2.17. The number of carbonyl (C=O) groups excluding carboxylic acids is 1. The number of hydrogen-bond acceptors (Lipinski definition) is 2. The molecule has 0 aliphatic rings. The monoisotopic (exact) mass is 347 g/mol. The van der Waals surface area contributed by atoms with Crippen LogP contribution in [0.1, 0.15) is 34.5 Å². The van der Waals surface area contributed by atoms with Gasteiger partial charge in [-0.1, -0.05) is 29.8 Å². The first-order valence-corrected chi connectivity index (χ1v) is 7.52. The molecule has 0 aliphatic carbocycles. The van der Waals surface area contributed by atoms with Crippen molar-refractivity contribution >= 4 is 21.8 Å². The minimum atomic E-state index is -0.138. The van der Waals surface area contributed by atoms with Gasteiger partial charge in [0.2, 0.25) is 0 Å². The van der Waals surface area contributed by atoms with Gasteiger partial charge in [0.25, 0.3) is 5.91 Å². The van der Waals surface area contributed by atoms with Crippen molar-refractivity contribution in [3.63, 3.8) is 0 Å². The van der Waals surface area contributed by atoms with Crippen molar-refractivity contribution in [2.45, 2.75) is 19.9 Å². The SMILES string of the molecule is COc1ccccc1C(C)NC(=O)c1cc(C)ccc1Br. The fourth-order valence-corrected chi connectivity index (χ4v) is 2.62. The molecule has 2 aromatic rings. The Kier molecular flexibility index (Phi) is 5.02. The summed E-state index contributed by atoms with van der Waals surface area (Å²) in [5, 5.41) is 3.01. The second-order valence-electron chi connectivity index (χ2n) is 4.92.